The molecule has 2 rings (SSSR count). The van der Waals surface area contributed by atoms with Gasteiger partial charge in [0, 0.05) is 30.1 Å². The molecule has 0 bridgehead atoms. The standard InChI is InChI=1S/C13H12N2O4/c1-8(15(17)18)6-9-7-14-12-10(9)4-3-5-11(12)13(16)19-2/h3-7,14H,1-2H3. The maximum Gasteiger partial charge on any atom is 0.339 e. The molecule has 6 nitrogen and oxygen atoms in total. The second kappa shape index (κ2) is 4.93. The zero-order valence-electron chi connectivity index (χ0n) is 10.5. The fraction of sp³-hybridized carbons (Fsp3) is 0.154. The lowest BCUT2D eigenvalue weighted by atomic mass is 10.1. The fourth-order valence-electron chi connectivity index (χ4n) is 1.85. The highest BCUT2D eigenvalue weighted by Gasteiger charge is 2.13. The van der Waals surface area contributed by atoms with Gasteiger partial charge in [-0.25, -0.2) is 4.79 Å². The highest BCUT2D eigenvalue weighted by molar-refractivity contribution is 6.05. The number of para-hydroxylation sites is 1. The first-order valence-electron chi connectivity index (χ1n) is 5.55. The number of benzene rings is 1. The van der Waals surface area contributed by atoms with E-state index in [1.54, 1.807) is 24.4 Å². The van der Waals surface area contributed by atoms with Crippen LogP contribution in [0.1, 0.15) is 22.8 Å². The zero-order valence-corrected chi connectivity index (χ0v) is 10.5. The summed E-state index contributed by atoms with van der Waals surface area (Å²) in [5.74, 6) is -0.450. The molecule has 0 fully saturated rings. The van der Waals surface area contributed by atoms with Crippen molar-refractivity contribution in [3.05, 3.63) is 51.3 Å². The predicted molar refractivity (Wildman–Crippen MR) is 70.3 cm³/mol. The van der Waals surface area contributed by atoms with Gasteiger partial charge >= 0.3 is 5.97 Å². The number of carbonyl (C=O) groups is 1. The predicted octanol–water partition coefficient (Wildman–Crippen LogP) is 2.59. The smallest absolute Gasteiger partial charge is 0.339 e. The van der Waals surface area contributed by atoms with E-state index in [1.165, 1.54) is 20.1 Å². The molecule has 98 valence electrons. The van der Waals surface area contributed by atoms with Gasteiger partial charge in [-0.2, -0.15) is 0 Å². The molecule has 0 radical (unpaired) electrons. The summed E-state index contributed by atoms with van der Waals surface area (Å²) in [6.45, 7) is 1.42. The number of esters is 1. The largest absolute Gasteiger partial charge is 0.465 e. The molecule has 0 spiro atoms. The number of nitrogens with zero attached hydrogens (tertiary/aromatic N) is 1. The van der Waals surface area contributed by atoms with Gasteiger partial charge in [-0.15, -0.1) is 0 Å². The number of allylic oxidation sites excluding steroid dienone is 1. The molecule has 2 aromatic rings. The lowest BCUT2D eigenvalue weighted by Crippen LogP contribution is -2.01. The van der Waals surface area contributed by atoms with Crippen molar-refractivity contribution in [3.8, 4) is 0 Å². The topological polar surface area (TPSA) is 85.2 Å². The third kappa shape index (κ3) is 2.33. The number of aromatic amines is 1. The second-order valence-corrected chi connectivity index (χ2v) is 4.01. The maximum absolute atomic E-state index is 11.6. The van der Waals surface area contributed by atoms with Crippen molar-refractivity contribution in [2.75, 3.05) is 7.11 Å². The van der Waals surface area contributed by atoms with E-state index in [-0.39, 0.29) is 5.70 Å². The number of aromatic nitrogens is 1. The summed E-state index contributed by atoms with van der Waals surface area (Å²) in [6, 6.07) is 5.14. The third-order valence-electron chi connectivity index (χ3n) is 2.81. The normalized spacial score (nSPS) is 11.6. The lowest BCUT2D eigenvalue weighted by Gasteiger charge is -2.00. The molecule has 0 amide bonds. The molecular weight excluding hydrogens is 248 g/mol. The highest BCUT2D eigenvalue weighted by atomic mass is 16.6. The van der Waals surface area contributed by atoms with Crippen LogP contribution >= 0.6 is 0 Å². The number of rotatable bonds is 3. The SMILES string of the molecule is COC(=O)c1cccc2c(C=C(C)[N+](=O)[O-])c[nH]c12. The first-order chi connectivity index (χ1) is 9.04. The van der Waals surface area contributed by atoms with Gasteiger partial charge in [0.15, 0.2) is 0 Å². The van der Waals surface area contributed by atoms with Crippen molar-refractivity contribution in [1.29, 1.82) is 0 Å². The van der Waals surface area contributed by atoms with Crippen LogP contribution in [0.4, 0.5) is 0 Å². The molecule has 1 aromatic heterocycles. The van der Waals surface area contributed by atoms with Gasteiger partial charge in [0.1, 0.15) is 0 Å². The minimum Gasteiger partial charge on any atom is -0.465 e. The summed E-state index contributed by atoms with van der Waals surface area (Å²) in [4.78, 5) is 24.7. The van der Waals surface area contributed by atoms with Crippen LogP contribution in [-0.2, 0) is 4.74 Å². The number of fused-ring (bicyclic) bond motifs is 1. The molecule has 0 aliphatic carbocycles. The van der Waals surface area contributed by atoms with E-state index in [1.807, 2.05) is 0 Å². The van der Waals surface area contributed by atoms with Gasteiger partial charge in [-0.3, -0.25) is 10.1 Å². The van der Waals surface area contributed by atoms with E-state index in [0.29, 0.717) is 16.6 Å². The van der Waals surface area contributed by atoms with Gasteiger partial charge in [-0.1, -0.05) is 12.1 Å². The summed E-state index contributed by atoms with van der Waals surface area (Å²) in [6.07, 6.45) is 3.09. The summed E-state index contributed by atoms with van der Waals surface area (Å²) in [5.41, 5.74) is 1.70. The van der Waals surface area contributed by atoms with Crippen LogP contribution in [0.3, 0.4) is 0 Å². The molecule has 0 unspecified atom stereocenters. The van der Waals surface area contributed by atoms with Crippen molar-refractivity contribution in [2.24, 2.45) is 0 Å². The molecule has 0 saturated heterocycles. The van der Waals surface area contributed by atoms with Gasteiger partial charge in [0.05, 0.1) is 23.1 Å². The number of hydrogen-bond acceptors (Lipinski definition) is 4. The Morgan fingerprint density at radius 3 is 2.84 bits per heavy atom. The molecule has 0 atom stereocenters. The maximum atomic E-state index is 11.6. The van der Waals surface area contributed by atoms with Crippen LogP contribution in [0.2, 0.25) is 0 Å². The Hall–Kier alpha value is -2.63. The fourth-order valence-corrected chi connectivity index (χ4v) is 1.85. The number of nitro groups is 1. The second-order valence-electron chi connectivity index (χ2n) is 4.01. The minimum absolute atomic E-state index is 0.0318. The van der Waals surface area contributed by atoms with Crippen LogP contribution in [0, 0.1) is 10.1 Å². The van der Waals surface area contributed by atoms with Crippen LogP contribution in [-0.4, -0.2) is 23.0 Å². The van der Waals surface area contributed by atoms with Crippen LogP contribution in [0.25, 0.3) is 17.0 Å². The molecule has 0 aliphatic heterocycles. The Morgan fingerprint density at radius 2 is 2.21 bits per heavy atom. The quantitative estimate of drug-likeness (QED) is 0.522. The lowest BCUT2D eigenvalue weighted by molar-refractivity contribution is -0.422. The Bertz CT molecular complexity index is 685. The van der Waals surface area contributed by atoms with E-state index >= 15 is 0 Å². The molecule has 1 aromatic carbocycles. The van der Waals surface area contributed by atoms with Crippen molar-refractivity contribution in [3.63, 3.8) is 0 Å². The number of H-pyrrole nitrogens is 1. The van der Waals surface area contributed by atoms with Gasteiger partial charge in [0.25, 0.3) is 0 Å². The Labute approximate surface area is 108 Å². The number of hydrogen-bond donors (Lipinski definition) is 1. The first kappa shape index (κ1) is 12.8. The van der Waals surface area contributed by atoms with Crippen molar-refractivity contribution >= 4 is 22.9 Å². The summed E-state index contributed by atoms with van der Waals surface area (Å²) < 4.78 is 4.69. The number of carbonyl (C=O) groups excluding carboxylic acids is 1. The molecule has 19 heavy (non-hydrogen) atoms. The van der Waals surface area contributed by atoms with Gasteiger partial charge in [0.2, 0.25) is 5.70 Å². The van der Waals surface area contributed by atoms with E-state index in [9.17, 15) is 14.9 Å². The van der Waals surface area contributed by atoms with Crippen LogP contribution in [0.5, 0.6) is 0 Å². The first-order valence-corrected chi connectivity index (χ1v) is 5.55. The Kier molecular flexibility index (Phi) is 3.33. The summed E-state index contributed by atoms with van der Waals surface area (Å²) in [7, 11) is 1.31. The monoisotopic (exact) mass is 260 g/mol. The number of nitrogens with one attached hydrogen (secondary N) is 1. The van der Waals surface area contributed by atoms with Gasteiger partial charge in [-0.05, 0) is 6.07 Å². The van der Waals surface area contributed by atoms with Gasteiger partial charge < -0.3 is 9.72 Å². The minimum atomic E-state index is -0.455. The molecule has 0 saturated carbocycles. The summed E-state index contributed by atoms with van der Waals surface area (Å²) in [5, 5.41) is 11.4. The number of methoxy groups -OCH3 is 1. The van der Waals surface area contributed by atoms with E-state index < -0.39 is 10.9 Å². The summed E-state index contributed by atoms with van der Waals surface area (Å²) >= 11 is 0. The zero-order chi connectivity index (χ0) is 14.0. The Balaban J connectivity index is 2.59. The molecular formula is C13H12N2O4. The van der Waals surface area contributed by atoms with Crippen LogP contribution in [0.15, 0.2) is 30.1 Å². The highest BCUT2D eigenvalue weighted by Crippen LogP contribution is 2.24. The average molecular weight is 260 g/mol. The van der Waals surface area contributed by atoms with E-state index in [0.717, 1.165) is 5.39 Å². The Morgan fingerprint density at radius 1 is 1.47 bits per heavy atom. The average Bonchev–Trinajstić information content (AvgIpc) is 2.81. The van der Waals surface area contributed by atoms with Crippen molar-refractivity contribution < 1.29 is 14.5 Å². The van der Waals surface area contributed by atoms with Crippen LogP contribution < -0.4 is 0 Å². The van der Waals surface area contributed by atoms with E-state index in [2.05, 4.69) is 4.98 Å². The van der Waals surface area contributed by atoms with Crippen molar-refractivity contribution in [2.45, 2.75) is 6.92 Å². The third-order valence-corrected chi connectivity index (χ3v) is 2.81. The van der Waals surface area contributed by atoms with E-state index in [4.69, 9.17) is 4.74 Å². The number of ether oxygens (including phenoxy) is 1. The molecule has 0 aliphatic rings. The molecule has 6 heteroatoms. The van der Waals surface area contributed by atoms with Crippen molar-refractivity contribution in [1.82, 2.24) is 4.98 Å². The molecule has 1 N–H and O–H groups in total. The molecule has 1 heterocycles.